The summed E-state index contributed by atoms with van der Waals surface area (Å²) >= 11 is 0. The molecule has 2 N–H and O–H groups in total. The van der Waals surface area contributed by atoms with Crippen molar-refractivity contribution in [2.45, 2.75) is 44.2 Å². The summed E-state index contributed by atoms with van der Waals surface area (Å²) in [6.07, 6.45) is 6.08. The summed E-state index contributed by atoms with van der Waals surface area (Å²) in [7, 11) is 3.54. The monoisotopic (exact) mass is 253 g/mol. The lowest BCUT2D eigenvalue weighted by atomic mass is 9.90. The van der Waals surface area contributed by atoms with Crippen LogP contribution in [0.25, 0.3) is 0 Å². The Morgan fingerprint density at radius 3 is 2.72 bits per heavy atom. The van der Waals surface area contributed by atoms with Gasteiger partial charge < -0.3 is 15.2 Å². The van der Waals surface area contributed by atoms with Crippen LogP contribution in [0.5, 0.6) is 5.75 Å². The first-order chi connectivity index (χ1) is 8.64. The van der Waals surface area contributed by atoms with Gasteiger partial charge >= 0.3 is 0 Å². The van der Waals surface area contributed by atoms with E-state index in [0.717, 1.165) is 24.3 Å². The van der Waals surface area contributed by atoms with E-state index in [9.17, 15) is 0 Å². The van der Waals surface area contributed by atoms with E-state index in [1.165, 1.54) is 12.8 Å². The summed E-state index contributed by atoms with van der Waals surface area (Å²) in [5.74, 6) is 0.746. The lowest BCUT2D eigenvalue weighted by molar-refractivity contribution is -0.0556. The second-order valence-electron chi connectivity index (χ2n) is 4.90. The minimum absolute atomic E-state index is 0.192. The molecule has 0 saturated heterocycles. The molecular weight excluding hydrogens is 230 g/mol. The van der Waals surface area contributed by atoms with Crippen LogP contribution in [0.1, 0.15) is 44.3 Å². The number of ether oxygens (including phenoxy) is 2. The third-order valence-electron chi connectivity index (χ3n) is 3.91. The van der Waals surface area contributed by atoms with Crippen LogP contribution in [0.3, 0.4) is 0 Å². The van der Waals surface area contributed by atoms with Gasteiger partial charge in [0.05, 0.1) is 30.6 Å². The molecule has 1 heterocycles. The van der Waals surface area contributed by atoms with Crippen molar-refractivity contribution in [3.05, 3.63) is 11.9 Å². The second-order valence-corrected chi connectivity index (χ2v) is 4.90. The van der Waals surface area contributed by atoms with E-state index in [2.05, 4.69) is 5.10 Å². The number of nitrogens with two attached hydrogens (primary N) is 1. The van der Waals surface area contributed by atoms with Crippen molar-refractivity contribution in [2.75, 3.05) is 13.7 Å². The molecule has 2 rings (SSSR count). The van der Waals surface area contributed by atoms with E-state index in [0.29, 0.717) is 6.61 Å². The van der Waals surface area contributed by atoms with Gasteiger partial charge in [0.15, 0.2) is 5.75 Å². The number of aromatic nitrogens is 2. The Hall–Kier alpha value is -1.07. The van der Waals surface area contributed by atoms with Crippen LogP contribution in [-0.2, 0) is 11.8 Å². The van der Waals surface area contributed by atoms with Crippen LogP contribution in [0.2, 0.25) is 0 Å². The fourth-order valence-electron chi connectivity index (χ4n) is 2.99. The van der Waals surface area contributed by atoms with E-state index in [4.69, 9.17) is 15.2 Å². The van der Waals surface area contributed by atoms with Gasteiger partial charge in [0, 0.05) is 13.7 Å². The molecule has 0 aliphatic heterocycles. The number of nitrogens with zero attached hydrogens (tertiary/aromatic N) is 2. The van der Waals surface area contributed by atoms with E-state index in [-0.39, 0.29) is 11.6 Å². The lowest BCUT2D eigenvalue weighted by Crippen LogP contribution is -2.42. The maximum absolute atomic E-state index is 6.48. The molecule has 0 radical (unpaired) electrons. The van der Waals surface area contributed by atoms with Crippen molar-refractivity contribution in [3.8, 4) is 5.75 Å². The highest BCUT2D eigenvalue weighted by Crippen LogP contribution is 2.43. The summed E-state index contributed by atoms with van der Waals surface area (Å²) in [6.45, 7) is 2.71. The average molecular weight is 253 g/mol. The van der Waals surface area contributed by atoms with Gasteiger partial charge in [0.25, 0.3) is 0 Å². The summed E-state index contributed by atoms with van der Waals surface area (Å²) in [5.41, 5.74) is 7.15. The first kappa shape index (κ1) is 13.4. The molecule has 1 atom stereocenters. The molecule has 1 aromatic heterocycles. The molecule has 1 aromatic rings. The fraction of sp³-hybridized carbons (Fsp3) is 0.769. The molecular formula is C13H23N3O2. The Morgan fingerprint density at radius 2 is 2.17 bits per heavy atom. The normalized spacial score (nSPS) is 20.0. The molecule has 1 saturated carbocycles. The van der Waals surface area contributed by atoms with E-state index < -0.39 is 0 Å². The molecule has 1 unspecified atom stereocenters. The largest absolute Gasteiger partial charge is 0.493 e. The Bertz CT molecular complexity index is 397. The number of rotatable bonds is 5. The van der Waals surface area contributed by atoms with Gasteiger partial charge in [-0.3, -0.25) is 4.68 Å². The maximum Gasteiger partial charge on any atom is 0.161 e. The van der Waals surface area contributed by atoms with Gasteiger partial charge in [-0.25, -0.2) is 0 Å². The molecule has 18 heavy (non-hydrogen) atoms. The third-order valence-corrected chi connectivity index (χ3v) is 3.91. The molecule has 5 heteroatoms. The molecule has 1 fully saturated rings. The Morgan fingerprint density at radius 1 is 1.50 bits per heavy atom. The summed E-state index contributed by atoms with van der Waals surface area (Å²) in [6, 6.07) is -0.192. The minimum Gasteiger partial charge on any atom is -0.493 e. The van der Waals surface area contributed by atoms with Gasteiger partial charge in [-0.15, -0.1) is 0 Å². The standard InChI is InChI=1S/C13H23N3O2/c1-4-18-13(7-5-6-8-13)12(14)11-10(17-3)9-15-16(11)2/h9,12H,4-8,14H2,1-3H3. The highest BCUT2D eigenvalue weighted by Gasteiger charge is 2.43. The van der Waals surface area contributed by atoms with Gasteiger partial charge in [-0.05, 0) is 19.8 Å². The van der Waals surface area contributed by atoms with E-state index in [1.54, 1.807) is 18.0 Å². The van der Waals surface area contributed by atoms with Crippen LogP contribution in [0, 0.1) is 0 Å². The molecule has 5 nitrogen and oxygen atoms in total. The van der Waals surface area contributed by atoms with Crippen LogP contribution in [0.4, 0.5) is 0 Å². The number of methoxy groups -OCH3 is 1. The third kappa shape index (κ3) is 2.12. The SMILES string of the molecule is CCOC1(C(N)c2c(OC)cnn2C)CCCC1. The Balaban J connectivity index is 2.33. The van der Waals surface area contributed by atoms with Crippen molar-refractivity contribution >= 4 is 0 Å². The van der Waals surface area contributed by atoms with E-state index in [1.807, 2.05) is 14.0 Å². The molecule has 0 bridgehead atoms. The number of hydrogen-bond donors (Lipinski definition) is 1. The Kier molecular flexibility index (Phi) is 3.92. The fourth-order valence-corrected chi connectivity index (χ4v) is 2.99. The van der Waals surface area contributed by atoms with Crippen molar-refractivity contribution < 1.29 is 9.47 Å². The van der Waals surface area contributed by atoms with Gasteiger partial charge in [-0.1, -0.05) is 12.8 Å². The van der Waals surface area contributed by atoms with E-state index >= 15 is 0 Å². The predicted octanol–water partition coefficient (Wildman–Crippen LogP) is 1.78. The molecule has 102 valence electrons. The maximum atomic E-state index is 6.48. The quantitative estimate of drug-likeness (QED) is 0.869. The minimum atomic E-state index is -0.254. The lowest BCUT2D eigenvalue weighted by Gasteiger charge is -2.35. The molecule has 1 aliphatic carbocycles. The second kappa shape index (κ2) is 5.28. The zero-order valence-corrected chi connectivity index (χ0v) is 11.5. The molecule has 1 aliphatic rings. The number of aryl methyl sites for hydroxylation is 1. The van der Waals surface area contributed by atoms with Crippen molar-refractivity contribution in [1.82, 2.24) is 9.78 Å². The highest BCUT2D eigenvalue weighted by molar-refractivity contribution is 5.30. The topological polar surface area (TPSA) is 62.3 Å². The van der Waals surface area contributed by atoms with Crippen LogP contribution < -0.4 is 10.5 Å². The molecule has 0 spiro atoms. The Labute approximate surface area is 108 Å². The molecule has 0 amide bonds. The van der Waals surface area contributed by atoms with Crippen molar-refractivity contribution in [1.29, 1.82) is 0 Å². The smallest absolute Gasteiger partial charge is 0.161 e. The molecule has 0 aromatic carbocycles. The first-order valence-corrected chi connectivity index (χ1v) is 6.60. The van der Waals surface area contributed by atoms with Crippen molar-refractivity contribution in [2.24, 2.45) is 12.8 Å². The van der Waals surface area contributed by atoms with Crippen molar-refractivity contribution in [3.63, 3.8) is 0 Å². The van der Waals surface area contributed by atoms with Crippen LogP contribution in [-0.4, -0.2) is 29.1 Å². The predicted molar refractivity (Wildman–Crippen MR) is 69.5 cm³/mol. The first-order valence-electron chi connectivity index (χ1n) is 6.60. The van der Waals surface area contributed by atoms with Crippen LogP contribution in [0.15, 0.2) is 6.20 Å². The summed E-state index contributed by atoms with van der Waals surface area (Å²) < 4.78 is 13.2. The van der Waals surface area contributed by atoms with Crippen LogP contribution >= 0.6 is 0 Å². The van der Waals surface area contributed by atoms with Gasteiger partial charge in [-0.2, -0.15) is 5.10 Å². The zero-order chi connectivity index (χ0) is 13.2. The summed E-state index contributed by atoms with van der Waals surface area (Å²) in [4.78, 5) is 0. The average Bonchev–Trinajstić information content (AvgIpc) is 2.96. The summed E-state index contributed by atoms with van der Waals surface area (Å²) in [5, 5.41) is 4.23. The van der Waals surface area contributed by atoms with Gasteiger partial charge in [0.1, 0.15) is 0 Å². The van der Waals surface area contributed by atoms with Gasteiger partial charge in [0.2, 0.25) is 0 Å². The number of hydrogen-bond acceptors (Lipinski definition) is 4. The highest BCUT2D eigenvalue weighted by atomic mass is 16.5. The zero-order valence-electron chi connectivity index (χ0n) is 11.5.